The lowest BCUT2D eigenvalue weighted by molar-refractivity contribution is 0.143. The molecule has 1 aromatic rings. The van der Waals surface area contributed by atoms with Gasteiger partial charge in [-0.3, -0.25) is 0 Å². The molecule has 6 heteroatoms. The van der Waals surface area contributed by atoms with Crippen molar-refractivity contribution in [3.8, 4) is 0 Å². The number of nitrogens with zero attached hydrogens (tertiary/aromatic N) is 3. The van der Waals surface area contributed by atoms with Gasteiger partial charge in [0.2, 0.25) is 0 Å². The summed E-state index contributed by atoms with van der Waals surface area (Å²) in [6, 6.07) is 0. The molecule has 0 aromatic carbocycles. The number of hydrogen-bond acceptors (Lipinski definition) is 5. The van der Waals surface area contributed by atoms with Crippen LogP contribution in [-0.2, 0) is 4.74 Å². The van der Waals surface area contributed by atoms with Crippen LogP contribution in [0.1, 0.15) is 29.7 Å². The molecule has 0 aliphatic carbocycles. The number of piperidine rings is 1. The van der Waals surface area contributed by atoms with E-state index in [0.29, 0.717) is 10.9 Å². The molecule has 2 rings (SSSR count). The molecule has 1 saturated heterocycles. The molecule has 20 heavy (non-hydrogen) atoms. The first kappa shape index (κ1) is 15.1. The zero-order valence-corrected chi connectivity index (χ0v) is 13.2. The molecule has 0 bridgehead atoms. The molecule has 1 atom stereocenters. The second-order valence-electron chi connectivity index (χ2n) is 5.38. The van der Waals surface area contributed by atoms with Crippen molar-refractivity contribution in [2.45, 2.75) is 26.7 Å². The normalized spacial score (nSPS) is 19.1. The molecular formula is C14H22N4OS. The summed E-state index contributed by atoms with van der Waals surface area (Å²) < 4.78 is 5.27. The molecule has 110 valence electrons. The first-order valence-electron chi connectivity index (χ1n) is 6.92. The zero-order valence-electron chi connectivity index (χ0n) is 12.3. The van der Waals surface area contributed by atoms with Crippen molar-refractivity contribution in [3.63, 3.8) is 0 Å². The Bertz CT molecular complexity index is 504. The number of hydrogen-bond donors (Lipinski definition) is 1. The summed E-state index contributed by atoms with van der Waals surface area (Å²) in [4.78, 5) is 2.63. The van der Waals surface area contributed by atoms with Crippen molar-refractivity contribution in [1.82, 2.24) is 10.2 Å². The van der Waals surface area contributed by atoms with Crippen LogP contribution >= 0.6 is 12.2 Å². The third kappa shape index (κ3) is 3.07. The number of rotatable bonds is 4. The number of ether oxygens (including phenoxy) is 1. The van der Waals surface area contributed by atoms with E-state index < -0.39 is 0 Å². The zero-order chi connectivity index (χ0) is 14.7. The third-order valence-electron chi connectivity index (χ3n) is 3.90. The standard InChI is InChI=1S/C14H22N4OS/c1-9-10(2)16-17-14(12(9)13(15)20)18-6-4-5-11(7-18)8-19-3/h11H,4-8H2,1-3H3,(H2,15,20). The third-order valence-corrected chi connectivity index (χ3v) is 4.11. The van der Waals surface area contributed by atoms with Gasteiger partial charge in [-0.05, 0) is 38.2 Å². The van der Waals surface area contributed by atoms with Gasteiger partial charge in [0.1, 0.15) is 4.99 Å². The molecular weight excluding hydrogens is 272 g/mol. The van der Waals surface area contributed by atoms with Crippen LogP contribution in [0.15, 0.2) is 0 Å². The van der Waals surface area contributed by atoms with Crippen LogP contribution in [0.3, 0.4) is 0 Å². The Labute approximate surface area is 125 Å². The topological polar surface area (TPSA) is 64.3 Å². The van der Waals surface area contributed by atoms with E-state index in [0.717, 1.165) is 48.8 Å². The van der Waals surface area contributed by atoms with Gasteiger partial charge >= 0.3 is 0 Å². The number of aromatic nitrogens is 2. The minimum absolute atomic E-state index is 0.393. The summed E-state index contributed by atoms with van der Waals surface area (Å²) in [5, 5.41) is 8.58. The van der Waals surface area contributed by atoms with Crippen molar-refractivity contribution in [2.24, 2.45) is 11.7 Å². The van der Waals surface area contributed by atoms with Crippen LogP contribution in [0.2, 0.25) is 0 Å². The van der Waals surface area contributed by atoms with E-state index in [1.165, 1.54) is 6.42 Å². The van der Waals surface area contributed by atoms with E-state index in [1.54, 1.807) is 7.11 Å². The van der Waals surface area contributed by atoms with E-state index in [4.69, 9.17) is 22.7 Å². The maximum atomic E-state index is 5.90. The highest BCUT2D eigenvalue weighted by Crippen LogP contribution is 2.27. The van der Waals surface area contributed by atoms with E-state index in [9.17, 15) is 0 Å². The molecule has 2 heterocycles. The summed E-state index contributed by atoms with van der Waals surface area (Å²) in [7, 11) is 1.75. The van der Waals surface area contributed by atoms with Crippen LogP contribution in [0.4, 0.5) is 5.82 Å². The fourth-order valence-electron chi connectivity index (χ4n) is 2.74. The highest BCUT2D eigenvalue weighted by Gasteiger charge is 2.25. The molecule has 2 N–H and O–H groups in total. The first-order valence-corrected chi connectivity index (χ1v) is 7.33. The fraction of sp³-hybridized carbons (Fsp3) is 0.643. The highest BCUT2D eigenvalue weighted by molar-refractivity contribution is 7.80. The van der Waals surface area contributed by atoms with Gasteiger partial charge in [0, 0.05) is 20.2 Å². The average Bonchev–Trinajstić information content (AvgIpc) is 2.42. The van der Waals surface area contributed by atoms with E-state index in [-0.39, 0.29) is 0 Å². The van der Waals surface area contributed by atoms with Crippen molar-refractivity contribution in [2.75, 3.05) is 31.7 Å². The van der Waals surface area contributed by atoms with Gasteiger partial charge in [0.15, 0.2) is 5.82 Å². The number of methoxy groups -OCH3 is 1. The van der Waals surface area contributed by atoms with Gasteiger partial charge in [-0.15, -0.1) is 5.10 Å². The van der Waals surface area contributed by atoms with Crippen molar-refractivity contribution < 1.29 is 4.74 Å². The predicted molar refractivity (Wildman–Crippen MR) is 84.2 cm³/mol. The van der Waals surface area contributed by atoms with Crippen LogP contribution < -0.4 is 10.6 Å². The van der Waals surface area contributed by atoms with Gasteiger partial charge in [0.05, 0.1) is 17.9 Å². The number of anilines is 1. The summed E-state index contributed by atoms with van der Waals surface area (Å²) in [6.07, 6.45) is 2.31. The number of aryl methyl sites for hydroxylation is 1. The fourth-order valence-corrected chi connectivity index (χ4v) is 2.99. The summed E-state index contributed by atoms with van der Waals surface area (Å²) in [6.45, 7) is 6.58. The predicted octanol–water partition coefficient (Wildman–Crippen LogP) is 1.59. The maximum Gasteiger partial charge on any atom is 0.161 e. The molecule has 5 nitrogen and oxygen atoms in total. The largest absolute Gasteiger partial charge is 0.389 e. The molecule has 0 saturated carbocycles. The number of nitrogens with two attached hydrogens (primary N) is 1. The van der Waals surface area contributed by atoms with Crippen LogP contribution in [-0.4, -0.2) is 42.0 Å². The summed E-state index contributed by atoms with van der Waals surface area (Å²) >= 11 is 5.21. The Hall–Kier alpha value is -1.27. The molecule has 1 aromatic heterocycles. The lowest BCUT2D eigenvalue weighted by atomic mass is 9.98. The van der Waals surface area contributed by atoms with Crippen molar-refractivity contribution in [1.29, 1.82) is 0 Å². The summed E-state index contributed by atoms with van der Waals surface area (Å²) in [5.41, 5.74) is 8.66. The van der Waals surface area contributed by atoms with Gasteiger partial charge in [-0.2, -0.15) is 5.10 Å². The molecule has 0 amide bonds. The van der Waals surface area contributed by atoms with E-state index >= 15 is 0 Å². The van der Waals surface area contributed by atoms with Crippen molar-refractivity contribution in [3.05, 3.63) is 16.8 Å². The molecule has 0 radical (unpaired) electrons. The smallest absolute Gasteiger partial charge is 0.161 e. The SMILES string of the molecule is COCC1CCCN(c2nnc(C)c(C)c2C(N)=S)C1. The highest BCUT2D eigenvalue weighted by atomic mass is 32.1. The molecule has 1 aliphatic heterocycles. The molecule has 0 spiro atoms. The Kier molecular flexibility index (Phi) is 4.88. The quantitative estimate of drug-likeness (QED) is 0.851. The number of thiocarbonyl (C=S) groups is 1. The lowest BCUT2D eigenvalue weighted by Crippen LogP contribution is -2.39. The summed E-state index contributed by atoms with van der Waals surface area (Å²) in [5.74, 6) is 1.35. The Morgan fingerprint density at radius 3 is 2.85 bits per heavy atom. The minimum atomic E-state index is 0.393. The average molecular weight is 294 g/mol. The second kappa shape index (κ2) is 6.45. The minimum Gasteiger partial charge on any atom is -0.389 e. The first-order chi connectivity index (χ1) is 9.54. The van der Waals surface area contributed by atoms with Gasteiger partial charge in [-0.1, -0.05) is 12.2 Å². The molecule has 1 unspecified atom stereocenters. The van der Waals surface area contributed by atoms with Crippen LogP contribution in [0.25, 0.3) is 0 Å². The van der Waals surface area contributed by atoms with Crippen LogP contribution in [0.5, 0.6) is 0 Å². The van der Waals surface area contributed by atoms with Gasteiger partial charge in [0.25, 0.3) is 0 Å². The Balaban J connectivity index is 2.32. The molecule has 1 aliphatic rings. The Morgan fingerprint density at radius 2 is 2.20 bits per heavy atom. The van der Waals surface area contributed by atoms with E-state index in [1.807, 2.05) is 13.8 Å². The lowest BCUT2D eigenvalue weighted by Gasteiger charge is -2.34. The second-order valence-corrected chi connectivity index (χ2v) is 5.82. The van der Waals surface area contributed by atoms with Gasteiger partial charge in [-0.25, -0.2) is 0 Å². The van der Waals surface area contributed by atoms with Gasteiger partial charge < -0.3 is 15.4 Å². The Morgan fingerprint density at radius 1 is 1.45 bits per heavy atom. The maximum absolute atomic E-state index is 5.90. The van der Waals surface area contributed by atoms with E-state index in [2.05, 4.69) is 15.1 Å². The monoisotopic (exact) mass is 294 g/mol. The van der Waals surface area contributed by atoms with Crippen LogP contribution in [0, 0.1) is 19.8 Å². The van der Waals surface area contributed by atoms with Crippen molar-refractivity contribution >= 4 is 23.0 Å². The molecule has 1 fully saturated rings.